The highest BCUT2D eigenvalue weighted by molar-refractivity contribution is 6.20. The summed E-state index contributed by atoms with van der Waals surface area (Å²) in [6, 6.07) is 0. The number of hydrogen-bond donors (Lipinski definition) is 0. The zero-order valence-corrected chi connectivity index (χ0v) is 8.40. The van der Waals surface area contributed by atoms with E-state index in [2.05, 4.69) is 13.8 Å². The van der Waals surface area contributed by atoms with Crippen LogP contribution in [0.25, 0.3) is 0 Å². The molecule has 0 saturated heterocycles. The zero-order valence-electron chi connectivity index (χ0n) is 7.65. The quantitative estimate of drug-likeness (QED) is 0.571. The van der Waals surface area contributed by atoms with E-state index in [-0.39, 0.29) is 0 Å². The molecule has 0 heterocycles. The predicted molar refractivity (Wildman–Crippen MR) is 51.1 cm³/mol. The Bertz CT molecular complexity index is 111. The van der Waals surface area contributed by atoms with Crippen LogP contribution < -0.4 is 0 Å². The van der Waals surface area contributed by atoms with E-state index in [9.17, 15) is 0 Å². The Labute approximate surface area is 75.3 Å². The maximum absolute atomic E-state index is 6.18. The number of rotatable bonds is 3. The second kappa shape index (κ2) is 4.35. The Morgan fingerprint density at radius 1 is 1.45 bits per heavy atom. The molecule has 1 fully saturated rings. The van der Waals surface area contributed by atoms with E-state index in [0.717, 1.165) is 11.8 Å². The van der Waals surface area contributed by atoms with Gasteiger partial charge in [0.2, 0.25) is 0 Å². The van der Waals surface area contributed by atoms with E-state index in [4.69, 9.17) is 11.6 Å². The minimum atomic E-state index is 0.490. The summed E-state index contributed by atoms with van der Waals surface area (Å²) in [6.07, 6.45) is 6.64. The van der Waals surface area contributed by atoms with Crippen molar-refractivity contribution in [1.82, 2.24) is 0 Å². The smallest absolute Gasteiger partial charge is 0.0364 e. The Balaban J connectivity index is 2.24. The molecule has 1 saturated carbocycles. The molecule has 0 aromatic heterocycles. The second-order valence-electron chi connectivity index (χ2n) is 3.96. The van der Waals surface area contributed by atoms with E-state index in [1.165, 1.54) is 32.1 Å². The Kier molecular flexibility index (Phi) is 3.71. The molecule has 3 unspecified atom stereocenters. The predicted octanol–water partition coefficient (Wildman–Crippen LogP) is 3.83. The molecule has 0 aromatic rings. The molecule has 66 valence electrons. The van der Waals surface area contributed by atoms with Crippen LogP contribution in [0.5, 0.6) is 0 Å². The monoisotopic (exact) mass is 174 g/mol. The minimum absolute atomic E-state index is 0.490. The maximum atomic E-state index is 6.18. The molecule has 0 spiro atoms. The van der Waals surface area contributed by atoms with Gasteiger partial charge in [-0.2, -0.15) is 0 Å². The normalized spacial score (nSPS) is 34.1. The molecular weight excluding hydrogens is 156 g/mol. The first-order valence-corrected chi connectivity index (χ1v) is 5.31. The fraction of sp³-hybridized carbons (Fsp3) is 1.00. The van der Waals surface area contributed by atoms with Crippen LogP contribution >= 0.6 is 11.6 Å². The van der Waals surface area contributed by atoms with Gasteiger partial charge in [-0.15, -0.1) is 11.6 Å². The second-order valence-corrected chi connectivity index (χ2v) is 4.52. The Morgan fingerprint density at radius 3 is 2.64 bits per heavy atom. The van der Waals surface area contributed by atoms with E-state index in [0.29, 0.717) is 5.38 Å². The number of alkyl halides is 1. The summed E-state index contributed by atoms with van der Waals surface area (Å²) < 4.78 is 0. The van der Waals surface area contributed by atoms with Crippen molar-refractivity contribution in [1.29, 1.82) is 0 Å². The van der Waals surface area contributed by atoms with Gasteiger partial charge >= 0.3 is 0 Å². The van der Waals surface area contributed by atoms with Crippen LogP contribution in [0.4, 0.5) is 0 Å². The molecule has 0 bridgehead atoms. The fourth-order valence-corrected chi connectivity index (χ4v) is 2.32. The topological polar surface area (TPSA) is 0 Å². The van der Waals surface area contributed by atoms with Gasteiger partial charge in [0.1, 0.15) is 0 Å². The summed E-state index contributed by atoms with van der Waals surface area (Å²) in [5, 5.41) is 0.490. The first-order valence-electron chi connectivity index (χ1n) is 4.88. The lowest BCUT2D eigenvalue weighted by Gasteiger charge is -2.17. The van der Waals surface area contributed by atoms with Gasteiger partial charge in [-0.25, -0.2) is 0 Å². The molecule has 1 heteroatoms. The van der Waals surface area contributed by atoms with Crippen molar-refractivity contribution in [2.75, 3.05) is 0 Å². The van der Waals surface area contributed by atoms with Gasteiger partial charge in [-0.05, 0) is 31.1 Å². The van der Waals surface area contributed by atoms with Crippen molar-refractivity contribution in [3.05, 3.63) is 0 Å². The summed E-state index contributed by atoms with van der Waals surface area (Å²) in [4.78, 5) is 0. The van der Waals surface area contributed by atoms with Crippen LogP contribution in [0.2, 0.25) is 0 Å². The fourth-order valence-electron chi connectivity index (χ4n) is 1.94. The van der Waals surface area contributed by atoms with Gasteiger partial charge in [0.05, 0.1) is 0 Å². The van der Waals surface area contributed by atoms with E-state index in [1.807, 2.05) is 0 Å². The van der Waals surface area contributed by atoms with Gasteiger partial charge in [0.25, 0.3) is 0 Å². The van der Waals surface area contributed by atoms with E-state index < -0.39 is 0 Å². The molecule has 0 nitrogen and oxygen atoms in total. The first kappa shape index (κ1) is 9.38. The summed E-state index contributed by atoms with van der Waals surface area (Å²) in [6.45, 7) is 4.60. The van der Waals surface area contributed by atoms with Crippen molar-refractivity contribution >= 4 is 11.6 Å². The van der Waals surface area contributed by atoms with Crippen molar-refractivity contribution < 1.29 is 0 Å². The van der Waals surface area contributed by atoms with Crippen LogP contribution in [-0.2, 0) is 0 Å². The van der Waals surface area contributed by atoms with Gasteiger partial charge in [-0.3, -0.25) is 0 Å². The lowest BCUT2D eigenvalue weighted by Crippen LogP contribution is -2.10. The molecule has 0 amide bonds. The molecule has 11 heavy (non-hydrogen) atoms. The Hall–Kier alpha value is 0.290. The molecule has 0 radical (unpaired) electrons. The van der Waals surface area contributed by atoms with Gasteiger partial charge in [0, 0.05) is 5.38 Å². The summed E-state index contributed by atoms with van der Waals surface area (Å²) in [5.41, 5.74) is 0. The lowest BCUT2D eigenvalue weighted by molar-refractivity contribution is 0.393. The summed E-state index contributed by atoms with van der Waals surface area (Å²) >= 11 is 6.18. The zero-order chi connectivity index (χ0) is 8.27. The van der Waals surface area contributed by atoms with Gasteiger partial charge in [0.15, 0.2) is 0 Å². The van der Waals surface area contributed by atoms with Gasteiger partial charge in [-0.1, -0.05) is 26.7 Å². The highest BCUT2D eigenvalue weighted by atomic mass is 35.5. The third kappa shape index (κ3) is 2.66. The molecule has 1 aliphatic rings. The van der Waals surface area contributed by atoms with Crippen molar-refractivity contribution in [2.24, 2.45) is 11.8 Å². The first-order chi connectivity index (χ1) is 5.24. The highest BCUT2D eigenvalue weighted by Crippen LogP contribution is 2.34. The standard InChI is InChI=1S/C10H19Cl/c1-3-8(2)7-9-5-4-6-10(9)11/h8-10H,3-7H2,1-2H3. The van der Waals surface area contributed by atoms with Crippen LogP contribution in [0.1, 0.15) is 46.0 Å². The lowest BCUT2D eigenvalue weighted by atomic mass is 9.93. The molecule has 3 atom stereocenters. The number of halogens is 1. The van der Waals surface area contributed by atoms with Crippen LogP contribution in [0.3, 0.4) is 0 Å². The SMILES string of the molecule is CCC(C)CC1CCCC1Cl. The van der Waals surface area contributed by atoms with E-state index in [1.54, 1.807) is 0 Å². The number of hydrogen-bond acceptors (Lipinski definition) is 0. The van der Waals surface area contributed by atoms with Crippen molar-refractivity contribution in [3.63, 3.8) is 0 Å². The Morgan fingerprint density at radius 2 is 2.18 bits per heavy atom. The summed E-state index contributed by atoms with van der Waals surface area (Å²) in [5.74, 6) is 1.70. The van der Waals surface area contributed by atoms with Crippen molar-refractivity contribution in [3.8, 4) is 0 Å². The highest BCUT2D eigenvalue weighted by Gasteiger charge is 2.25. The molecule has 1 aliphatic carbocycles. The average Bonchev–Trinajstić information content (AvgIpc) is 2.37. The van der Waals surface area contributed by atoms with Crippen LogP contribution in [0, 0.1) is 11.8 Å². The average molecular weight is 175 g/mol. The molecule has 0 aromatic carbocycles. The largest absolute Gasteiger partial charge is 0.123 e. The van der Waals surface area contributed by atoms with Crippen LogP contribution in [-0.4, -0.2) is 5.38 Å². The van der Waals surface area contributed by atoms with E-state index >= 15 is 0 Å². The maximum Gasteiger partial charge on any atom is 0.0364 e. The molecular formula is C10H19Cl. The summed E-state index contributed by atoms with van der Waals surface area (Å²) in [7, 11) is 0. The van der Waals surface area contributed by atoms with Crippen molar-refractivity contribution in [2.45, 2.75) is 51.3 Å². The third-order valence-electron chi connectivity index (χ3n) is 2.97. The molecule has 0 N–H and O–H groups in total. The van der Waals surface area contributed by atoms with Gasteiger partial charge < -0.3 is 0 Å². The molecule has 1 rings (SSSR count). The molecule has 0 aliphatic heterocycles. The minimum Gasteiger partial charge on any atom is -0.123 e. The third-order valence-corrected chi connectivity index (χ3v) is 3.54. The van der Waals surface area contributed by atoms with Crippen LogP contribution in [0.15, 0.2) is 0 Å².